The van der Waals surface area contributed by atoms with Crippen LogP contribution in [0.3, 0.4) is 0 Å². The molecule has 0 heterocycles. The average Bonchev–Trinajstić information content (AvgIpc) is 2.44. The second kappa shape index (κ2) is 6.50. The minimum Gasteiger partial charge on any atom is -0.488 e. The van der Waals surface area contributed by atoms with Crippen molar-refractivity contribution >= 4 is 29.0 Å². The minimum absolute atomic E-state index is 0.0391. The Labute approximate surface area is 126 Å². The standard InChI is InChI=1S/C14H12Cl2N2O2/c15-10-3-1-2-9(6-10)8-20-13-7-11(16)4-5-12(13)14(17)18-19/h1-7,19H,8H2,(H2,17,18). The van der Waals surface area contributed by atoms with Gasteiger partial charge in [0, 0.05) is 10.0 Å². The Hall–Kier alpha value is -1.91. The number of hydrogen-bond donors (Lipinski definition) is 2. The number of nitrogens with two attached hydrogens (primary N) is 1. The van der Waals surface area contributed by atoms with Gasteiger partial charge in [0.05, 0.1) is 5.56 Å². The van der Waals surface area contributed by atoms with Gasteiger partial charge in [0.25, 0.3) is 0 Å². The molecular formula is C14H12Cl2N2O2. The summed E-state index contributed by atoms with van der Waals surface area (Å²) < 4.78 is 5.67. The van der Waals surface area contributed by atoms with Gasteiger partial charge in [-0.25, -0.2) is 0 Å². The molecule has 2 aromatic rings. The van der Waals surface area contributed by atoms with Gasteiger partial charge >= 0.3 is 0 Å². The summed E-state index contributed by atoms with van der Waals surface area (Å²) in [5.41, 5.74) is 6.97. The van der Waals surface area contributed by atoms with Crippen LogP contribution in [0.25, 0.3) is 0 Å². The van der Waals surface area contributed by atoms with Crippen molar-refractivity contribution in [2.75, 3.05) is 0 Å². The van der Waals surface area contributed by atoms with E-state index in [0.29, 0.717) is 28.0 Å². The van der Waals surface area contributed by atoms with E-state index in [0.717, 1.165) is 5.56 Å². The predicted molar refractivity (Wildman–Crippen MR) is 79.7 cm³/mol. The summed E-state index contributed by atoms with van der Waals surface area (Å²) in [6.45, 7) is 0.298. The molecule has 0 atom stereocenters. The normalized spacial score (nSPS) is 11.4. The summed E-state index contributed by atoms with van der Waals surface area (Å²) in [4.78, 5) is 0. The van der Waals surface area contributed by atoms with E-state index in [1.54, 1.807) is 30.3 Å². The first-order chi connectivity index (χ1) is 9.60. The largest absolute Gasteiger partial charge is 0.488 e. The van der Waals surface area contributed by atoms with Gasteiger partial charge in [-0.2, -0.15) is 0 Å². The molecular weight excluding hydrogens is 299 g/mol. The van der Waals surface area contributed by atoms with Gasteiger partial charge in [-0.3, -0.25) is 0 Å². The van der Waals surface area contributed by atoms with Gasteiger partial charge in [0.2, 0.25) is 0 Å². The third-order valence-corrected chi connectivity index (χ3v) is 3.08. The molecule has 0 bridgehead atoms. The summed E-state index contributed by atoms with van der Waals surface area (Å²) >= 11 is 11.8. The van der Waals surface area contributed by atoms with E-state index in [1.807, 2.05) is 12.1 Å². The first kappa shape index (κ1) is 14.5. The first-order valence-electron chi connectivity index (χ1n) is 5.75. The molecule has 0 saturated carbocycles. The molecule has 4 nitrogen and oxygen atoms in total. The Morgan fingerprint density at radius 2 is 1.90 bits per heavy atom. The topological polar surface area (TPSA) is 67.8 Å². The maximum atomic E-state index is 8.76. The molecule has 0 aliphatic carbocycles. The Morgan fingerprint density at radius 3 is 2.60 bits per heavy atom. The lowest BCUT2D eigenvalue weighted by Gasteiger charge is -2.11. The SMILES string of the molecule is NC(=NO)c1ccc(Cl)cc1OCc1cccc(Cl)c1. The van der Waals surface area contributed by atoms with Gasteiger partial charge in [0.1, 0.15) is 12.4 Å². The Kier molecular flexibility index (Phi) is 4.71. The first-order valence-corrected chi connectivity index (χ1v) is 6.50. The molecule has 0 amide bonds. The molecule has 0 aromatic heterocycles. The van der Waals surface area contributed by atoms with E-state index in [9.17, 15) is 0 Å². The lowest BCUT2D eigenvalue weighted by atomic mass is 10.2. The van der Waals surface area contributed by atoms with Crippen LogP contribution in [0.4, 0.5) is 0 Å². The highest BCUT2D eigenvalue weighted by Crippen LogP contribution is 2.24. The number of rotatable bonds is 4. The minimum atomic E-state index is -0.0391. The molecule has 104 valence electrons. The third-order valence-electron chi connectivity index (χ3n) is 2.61. The highest BCUT2D eigenvalue weighted by atomic mass is 35.5. The van der Waals surface area contributed by atoms with E-state index >= 15 is 0 Å². The van der Waals surface area contributed by atoms with Crippen molar-refractivity contribution in [3.63, 3.8) is 0 Å². The molecule has 2 aromatic carbocycles. The monoisotopic (exact) mass is 310 g/mol. The maximum Gasteiger partial charge on any atom is 0.173 e. The summed E-state index contributed by atoms with van der Waals surface area (Å²) in [7, 11) is 0. The van der Waals surface area contributed by atoms with Crippen molar-refractivity contribution < 1.29 is 9.94 Å². The van der Waals surface area contributed by atoms with E-state index in [4.69, 9.17) is 38.9 Å². The predicted octanol–water partition coefficient (Wildman–Crippen LogP) is 3.67. The fourth-order valence-corrected chi connectivity index (χ4v) is 2.04. The Balaban J connectivity index is 2.22. The van der Waals surface area contributed by atoms with Crippen molar-refractivity contribution in [2.24, 2.45) is 10.9 Å². The number of halogens is 2. The highest BCUT2D eigenvalue weighted by Gasteiger charge is 2.09. The number of ether oxygens (including phenoxy) is 1. The van der Waals surface area contributed by atoms with Crippen LogP contribution in [0.1, 0.15) is 11.1 Å². The molecule has 6 heteroatoms. The van der Waals surface area contributed by atoms with Gasteiger partial charge in [-0.05, 0) is 35.9 Å². The van der Waals surface area contributed by atoms with Crippen molar-refractivity contribution in [1.82, 2.24) is 0 Å². The van der Waals surface area contributed by atoms with Crippen molar-refractivity contribution in [3.8, 4) is 5.75 Å². The zero-order valence-corrected chi connectivity index (χ0v) is 11.9. The smallest absolute Gasteiger partial charge is 0.173 e. The number of benzene rings is 2. The summed E-state index contributed by atoms with van der Waals surface area (Å²) in [6, 6.07) is 12.2. The molecule has 0 aliphatic rings. The Bertz CT molecular complexity index is 645. The van der Waals surface area contributed by atoms with Crippen LogP contribution in [0, 0.1) is 0 Å². The Morgan fingerprint density at radius 1 is 1.15 bits per heavy atom. The van der Waals surface area contributed by atoms with Gasteiger partial charge < -0.3 is 15.7 Å². The second-order valence-corrected chi connectivity index (χ2v) is 4.92. The molecule has 0 aliphatic heterocycles. The van der Waals surface area contributed by atoms with Crippen LogP contribution in [0.5, 0.6) is 5.75 Å². The maximum absolute atomic E-state index is 8.76. The molecule has 0 unspecified atom stereocenters. The van der Waals surface area contributed by atoms with E-state index < -0.39 is 0 Å². The highest BCUT2D eigenvalue weighted by molar-refractivity contribution is 6.31. The average molecular weight is 311 g/mol. The number of hydrogen-bond acceptors (Lipinski definition) is 3. The second-order valence-electron chi connectivity index (χ2n) is 4.04. The fraction of sp³-hybridized carbons (Fsp3) is 0.0714. The zero-order valence-electron chi connectivity index (χ0n) is 10.4. The number of amidine groups is 1. The van der Waals surface area contributed by atoms with Crippen LogP contribution in [-0.2, 0) is 6.61 Å². The quantitative estimate of drug-likeness (QED) is 0.392. The van der Waals surface area contributed by atoms with E-state index in [-0.39, 0.29) is 5.84 Å². The lowest BCUT2D eigenvalue weighted by Crippen LogP contribution is -2.14. The van der Waals surface area contributed by atoms with Crippen molar-refractivity contribution in [3.05, 3.63) is 63.6 Å². The fourth-order valence-electron chi connectivity index (χ4n) is 1.67. The molecule has 3 N–H and O–H groups in total. The molecule has 0 radical (unpaired) electrons. The molecule has 0 spiro atoms. The summed E-state index contributed by atoms with van der Waals surface area (Å²) in [5, 5.41) is 12.9. The molecule has 2 rings (SSSR count). The molecule has 0 saturated heterocycles. The zero-order chi connectivity index (χ0) is 14.5. The van der Waals surface area contributed by atoms with Gasteiger partial charge in [-0.1, -0.05) is 40.5 Å². The number of oxime groups is 1. The van der Waals surface area contributed by atoms with Gasteiger partial charge in [-0.15, -0.1) is 0 Å². The van der Waals surface area contributed by atoms with E-state index in [2.05, 4.69) is 5.16 Å². The van der Waals surface area contributed by atoms with Crippen molar-refractivity contribution in [2.45, 2.75) is 6.61 Å². The molecule has 0 fully saturated rings. The lowest BCUT2D eigenvalue weighted by molar-refractivity contribution is 0.303. The van der Waals surface area contributed by atoms with Gasteiger partial charge in [0.15, 0.2) is 5.84 Å². The van der Waals surface area contributed by atoms with Crippen LogP contribution < -0.4 is 10.5 Å². The number of nitrogens with zero attached hydrogens (tertiary/aromatic N) is 1. The van der Waals surface area contributed by atoms with Crippen LogP contribution in [0.15, 0.2) is 47.6 Å². The third kappa shape index (κ3) is 3.56. The summed E-state index contributed by atoms with van der Waals surface area (Å²) in [5.74, 6) is 0.399. The van der Waals surface area contributed by atoms with Crippen LogP contribution >= 0.6 is 23.2 Å². The van der Waals surface area contributed by atoms with Crippen LogP contribution in [0.2, 0.25) is 10.0 Å². The van der Waals surface area contributed by atoms with Crippen molar-refractivity contribution in [1.29, 1.82) is 0 Å². The summed E-state index contributed by atoms with van der Waals surface area (Å²) in [6.07, 6.45) is 0. The molecule has 20 heavy (non-hydrogen) atoms. The van der Waals surface area contributed by atoms with E-state index in [1.165, 1.54) is 0 Å². The van der Waals surface area contributed by atoms with Crippen LogP contribution in [-0.4, -0.2) is 11.0 Å².